The van der Waals surface area contributed by atoms with Crippen LogP contribution in [0.2, 0.25) is 0 Å². The van der Waals surface area contributed by atoms with Crippen LogP contribution in [-0.4, -0.2) is 38.5 Å². The van der Waals surface area contributed by atoms with Crippen molar-refractivity contribution >= 4 is 0 Å². The van der Waals surface area contributed by atoms with Crippen molar-refractivity contribution in [1.82, 2.24) is 14.7 Å². The van der Waals surface area contributed by atoms with E-state index < -0.39 is 0 Å². The summed E-state index contributed by atoms with van der Waals surface area (Å²) >= 11 is 0. The summed E-state index contributed by atoms with van der Waals surface area (Å²) in [5, 5.41) is 15.0. The molecule has 0 amide bonds. The minimum atomic E-state index is -0.377. The quantitative estimate of drug-likeness (QED) is 0.855. The normalized spacial score (nSPS) is 22.7. The first-order valence-electron chi connectivity index (χ1n) is 7.63. The highest BCUT2D eigenvalue weighted by Gasteiger charge is 2.51. The van der Waals surface area contributed by atoms with Crippen molar-refractivity contribution in [3.05, 3.63) is 18.0 Å². The van der Waals surface area contributed by atoms with Gasteiger partial charge in [-0.3, -0.25) is 9.58 Å². The zero-order valence-corrected chi connectivity index (χ0v) is 12.0. The van der Waals surface area contributed by atoms with Gasteiger partial charge in [-0.25, -0.2) is 0 Å². The monoisotopic (exact) mass is 263 g/mol. The molecule has 2 heterocycles. The molecule has 1 aromatic rings. The first kappa shape index (κ1) is 13.1. The van der Waals surface area contributed by atoms with Crippen LogP contribution in [0.1, 0.15) is 51.3 Å². The van der Waals surface area contributed by atoms with Crippen LogP contribution in [0.3, 0.4) is 0 Å². The van der Waals surface area contributed by atoms with Crippen LogP contribution in [0, 0.1) is 5.92 Å². The molecule has 0 atom stereocenters. The predicted octanol–water partition coefficient (Wildman–Crippen LogP) is 2.20. The third-order valence-corrected chi connectivity index (χ3v) is 4.70. The van der Waals surface area contributed by atoms with Crippen molar-refractivity contribution in [3.8, 4) is 0 Å². The number of hydrogen-bond acceptors (Lipinski definition) is 3. The number of rotatable bonds is 6. The lowest BCUT2D eigenvalue weighted by Gasteiger charge is -2.46. The Bertz CT molecular complexity index is 428. The Morgan fingerprint density at radius 3 is 2.63 bits per heavy atom. The lowest BCUT2D eigenvalue weighted by Crippen LogP contribution is -2.62. The van der Waals surface area contributed by atoms with Gasteiger partial charge >= 0.3 is 0 Å². The van der Waals surface area contributed by atoms with Crippen molar-refractivity contribution in [2.24, 2.45) is 5.92 Å². The molecule has 106 valence electrons. The summed E-state index contributed by atoms with van der Waals surface area (Å²) in [5.74, 6) is 0.575. The molecule has 4 heteroatoms. The molecule has 4 nitrogen and oxygen atoms in total. The molecule has 1 aliphatic carbocycles. The van der Waals surface area contributed by atoms with Gasteiger partial charge in [0.1, 0.15) is 0 Å². The zero-order chi connectivity index (χ0) is 13.5. The van der Waals surface area contributed by atoms with E-state index in [0.717, 1.165) is 38.2 Å². The molecule has 0 bridgehead atoms. The Kier molecular flexibility index (Phi) is 3.39. The average molecular weight is 263 g/mol. The Hall–Kier alpha value is -0.870. The topological polar surface area (TPSA) is 41.3 Å². The standard InChI is InChI=1S/C15H25N3O/c1-3-14(4-2)18-8-7-13(16-18)9-17-10-15(19,11-17)12-5-6-12/h7-8,12,14,19H,3-6,9-11H2,1-2H3. The molecule has 0 aromatic carbocycles. The van der Waals surface area contributed by atoms with Gasteiger partial charge in [0, 0.05) is 25.8 Å². The van der Waals surface area contributed by atoms with E-state index in [1.54, 1.807) is 0 Å². The highest BCUT2D eigenvalue weighted by molar-refractivity contribution is 5.08. The lowest BCUT2D eigenvalue weighted by atomic mass is 9.89. The van der Waals surface area contributed by atoms with Gasteiger partial charge in [-0.15, -0.1) is 0 Å². The van der Waals surface area contributed by atoms with Gasteiger partial charge in [-0.1, -0.05) is 13.8 Å². The second-order valence-electron chi connectivity index (χ2n) is 6.28. The zero-order valence-electron chi connectivity index (χ0n) is 12.0. The van der Waals surface area contributed by atoms with Crippen LogP contribution in [0.4, 0.5) is 0 Å². The van der Waals surface area contributed by atoms with Crippen molar-refractivity contribution < 1.29 is 5.11 Å². The number of likely N-dealkylation sites (tertiary alicyclic amines) is 1. The van der Waals surface area contributed by atoms with Gasteiger partial charge in [0.25, 0.3) is 0 Å². The lowest BCUT2D eigenvalue weighted by molar-refractivity contribution is -0.117. The average Bonchev–Trinajstić information content (AvgIpc) is 3.12. The maximum Gasteiger partial charge on any atom is 0.0928 e. The van der Waals surface area contributed by atoms with E-state index in [0.29, 0.717) is 12.0 Å². The molecular weight excluding hydrogens is 238 g/mol. The Morgan fingerprint density at radius 1 is 1.37 bits per heavy atom. The maximum atomic E-state index is 10.3. The van der Waals surface area contributed by atoms with E-state index in [4.69, 9.17) is 0 Å². The second-order valence-corrected chi connectivity index (χ2v) is 6.28. The fraction of sp³-hybridized carbons (Fsp3) is 0.800. The van der Waals surface area contributed by atoms with E-state index >= 15 is 0 Å². The number of β-amino-alcohol motifs (C(OH)–C–C–N with tert-alkyl or cyclic N) is 1. The summed E-state index contributed by atoms with van der Waals surface area (Å²) in [5.41, 5.74) is 0.752. The molecule has 1 saturated carbocycles. The van der Waals surface area contributed by atoms with Gasteiger partial charge in [0.05, 0.1) is 17.3 Å². The first-order valence-corrected chi connectivity index (χ1v) is 7.63. The molecule has 1 aromatic heterocycles. The molecule has 1 aliphatic heterocycles. The maximum absolute atomic E-state index is 10.3. The predicted molar refractivity (Wildman–Crippen MR) is 74.8 cm³/mol. The van der Waals surface area contributed by atoms with E-state index in [1.165, 1.54) is 12.8 Å². The molecule has 1 saturated heterocycles. The molecule has 0 unspecified atom stereocenters. The summed E-state index contributed by atoms with van der Waals surface area (Å²) in [6.45, 7) is 6.95. The molecule has 0 radical (unpaired) electrons. The third kappa shape index (κ3) is 2.56. The number of aliphatic hydroxyl groups is 1. The van der Waals surface area contributed by atoms with E-state index in [1.807, 2.05) is 0 Å². The van der Waals surface area contributed by atoms with Crippen LogP contribution in [0.25, 0.3) is 0 Å². The van der Waals surface area contributed by atoms with Gasteiger partial charge in [0.2, 0.25) is 0 Å². The summed E-state index contributed by atoms with van der Waals surface area (Å²) in [7, 11) is 0. The molecule has 19 heavy (non-hydrogen) atoms. The van der Waals surface area contributed by atoms with Gasteiger partial charge < -0.3 is 5.11 Å². The van der Waals surface area contributed by atoms with E-state index in [2.05, 4.69) is 40.8 Å². The van der Waals surface area contributed by atoms with Crippen LogP contribution in [-0.2, 0) is 6.54 Å². The fourth-order valence-electron chi connectivity index (χ4n) is 3.28. The molecule has 1 N–H and O–H groups in total. The van der Waals surface area contributed by atoms with Crippen molar-refractivity contribution in [2.75, 3.05) is 13.1 Å². The Labute approximate surface area is 115 Å². The van der Waals surface area contributed by atoms with Gasteiger partial charge in [-0.05, 0) is 37.7 Å². The summed E-state index contributed by atoms with van der Waals surface area (Å²) in [6, 6.07) is 2.64. The van der Waals surface area contributed by atoms with Crippen LogP contribution >= 0.6 is 0 Å². The molecule has 2 fully saturated rings. The van der Waals surface area contributed by atoms with Crippen LogP contribution in [0.15, 0.2) is 12.3 Å². The van der Waals surface area contributed by atoms with E-state index in [-0.39, 0.29) is 5.60 Å². The second kappa shape index (κ2) is 4.91. The van der Waals surface area contributed by atoms with Gasteiger partial charge in [0.15, 0.2) is 0 Å². The number of hydrogen-bond donors (Lipinski definition) is 1. The summed E-state index contributed by atoms with van der Waals surface area (Å²) in [6.07, 6.45) is 6.78. The SMILES string of the molecule is CCC(CC)n1ccc(CN2CC(O)(C3CC3)C2)n1. The number of nitrogens with zero attached hydrogens (tertiary/aromatic N) is 3. The Balaban J connectivity index is 1.54. The van der Waals surface area contributed by atoms with Gasteiger partial charge in [-0.2, -0.15) is 5.10 Å². The third-order valence-electron chi connectivity index (χ3n) is 4.70. The first-order chi connectivity index (χ1) is 9.14. The minimum Gasteiger partial charge on any atom is -0.387 e. The fourth-order valence-corrected chi connectivity index (χ4v) is 3.28. The highest BCUT2D eigenvalue weighted by atomic mass is 16.3. The van der Waals surface area contributed by atoms with Crippen LogP contribution < -0.4 is 0 Å². The largest absolute Gasteiger partial charge is 0.387 e. The number of aromatic nitrogens is 2. The van der Waals surface area contributed by atoms with Crippen molar-refractivity contribution in [3.63, 3.8) is 0 Å². The molecule has 3 rings (SSSR count). The highest BCUT2D eigenvalue weighted by Crippen LogP contribution is 2.44. The Morgan fingerprint density at radius 2 is 2.05 bits per heavy atom. The van der Waals surface area contributed by atoms with Crippen molar-refractivity contribution in [2.45, 2.75) is 57.7 Å². The van der Waals surface area contributed by atoms with Crippen LogP contribution in [0.5, 0.6) is 0 Å². The summed E-state index contributed by atoms with van der Waals surface area (Å²) in [4.78, 5) is 2.30. The van der Waals surface area contributed by atoms with Crippen molar-refractivity contribution in [1.29, 1.82) is 0 Å². The molecule has 2 aliphatic rings. The minimum absolute atomic E-state index is 0.377. The smallest absolute Gasteiger partial charge is 0.0928 e. The molecule has 0 spiro atoms. The molecular formula is C15H25N3O. The van der Waals surface area contributed by atoms with E-state index in [9.17, 15) is 5.11 Å². The summed E-state index contributed by atoms with van der Waals surface area (Å²) < 4.78 is 2.10.